The van der Waals surface area contributed by atoms with Crippen LogP contribution in [0.1, 0.15) is 106 Å². The van der Waals surface area contributed by atoms with Crippen molar-refractivity contribution in [1.29, 1.82) is 0 Å². The molecular weight excluding hydrogens is 811 g/mol. The number of carbonyl (C=O) groups is 4. The Morgan fingerprint density at radius 3 is 2.02 bits per heavy atom. The van der Waals surface area contributed by atoms with Crippen LogP contribution in [0.25, 0.3) is 16.6 Å². The Kier molecular flexibility index (Phi) is 15.5. The number of aromatic nitrogens is 4. The minimum atomic E-state index is -2.88. The van der Waals surface area contributed by atoms with Crippen LogP contribution >= 0.6 is 0 Å². The second-order valence-electron chi connectivity index (χ2n) is 16.1. The van der Waals surface area contributed by atoms with E-state index in [4.69, 9.17) is 4.42 Å². The molecule has 8 rings (SSSR count). The summed E-state index contributed by atoms with van der Waals surface area (Å²) in [7, 11) is 0. The van der Waals surface area contributed by atoms with E-state index in [1.54, 1.807) is 36.9 Å². The summed E-state index contributed by atoms with van der Waals surface area (Å²) in [6, 6.07) is 14.8. The van der Waals surface area contributed by atoms with E-state index in [1.807, 2.05) is 38.6 Å². The number of rotatable bonds is 16. The maximum atomic E-state index is 12.7. The van der Waals surface area contributed by atoms with E-state index in [9.17, 15) is 28.0 Å². The largest absolute Gasteiger partial charge is 0.472 e. The number of piperidine rings is 2. The normalized spacial score (nSPS) is 14.7. The Morgan fingerprint density at radius 2 is 1.40 bits per heavy atom. The topological polar surface area (TPSA) is 167 Å². The molecule has 16 heteroatoms. The molecule has 2 aliphatic heterocycles. The van der Waals surface area contributed by atoms with E-state index in [0.29, 0.717) is 60.4 Å². The highest BCUT2D eigenvalue weighted by Gasteiger charge is 2.25. The van der Waals surface area contributed by atoms with Gasteiger partial charge in [0.1, 0.15) is 23.4 Å². The first-order valence-corrected chi connectivity index (χ1v) is 21.8. The van der Waals surface area contributed by atoms with E-state index in [1.165, 1.54) is 36.8 Å². The van der Waals surface area contributed by atoms with Crippen molar-refractivity contribution in [1.82, 2.24) is 39.8 Å². The molecule has 0 bridgehead atoms. The average molecular weight is 865 g/mol. The summed E-state index contributed by atoms with van der Waals surface area (Å²) < 4.78 is 35.7. The van der Waals surface area contributed by atoms with Gasteiger partial charge in [-0.2, -0.15) is 8.78 Å². The molecule has 2 saturated heterocycles. The maximum absolute atomic E-state index is 12.7. The average Bonchev–Trinajstić information content (AvgIpc) is 4.11. The number of nitrogens with zero attached hydrogens (tertiary/aromatic N) is 5. The SMILES string of the molecule is O=C(NCCCCC1CCN(C(=O)c2ccc(OC(F)F)cc2)CC1)c1ccc2nccn2c1.O=C(NCCCCC1CCN(C(=O)c2ccoc2)CC1)c1cc2cnccc2[nH]1. The summed E-state index contributed by atoms with van der Waals surface area (Å²) in [6.07, 6.45) is 21.9. The number of alkyl halides is 2. The van der Waals surface area contributed by atoms with E-state index in [0.717, 1.165) is 93.8 Å². The highest BCUT2D eigenvalue weighted by molar-refractivity contribution is 5.98. The molecule has 2 fully saturated rings. The lowest BCUT2D eigenvalue weighted by Crippen LogP contribution is -2.38. The fourth-order valence-corrected chi connectivity index (χ4v) is 8.25. The Balaban J connectivity index is 0.000000191. The molecule has 0 radical (unpaired) electrons. The second-order valence-corrected chi connectivity index (χ2v) is 16.1. The van der Waals surface area contributed by atoms with Gasteiger partial charge in [-0.15, -0.1) is 0 Å². The lowest BCUT2D eigenvalue weighted by atomic mass is 9.91. The molecule has 0 spiro atoms. The molecule has 0 saturated carbocycles. The van der Waals surface area contributed by atoms with Crippen LogP contribution in [0.15, 0.2) is 103 Å². The molecule has 63 heavy (non-hydrogen) atoms. The van der Waals surface area contributed by atoms with Gasteiger partial charge in [-0.3, -0.25) is 24.2 Å². The van der Waals surface area contributed by atoms with Gasteiger partial charge < -0.3 is 39.0 Å². The summed E-state index contributed by atoms with van der Waals surface area (Å²) in [5.41, 5.74) is 4.01. The summed E-state index contributed by atoms with van der Waals surface area (Å²) in [5, 5.41) is 6.89. The molecule has 0 atom stereocenters. The van der Waals surface area contributed by atoms with Crippen LogP contribution in [-0.2, 0) is 0 Å². The number of furan rings is 1. The monoisotopic (exact) mass is 864 g/mol. The Labute approximate surface area is 364 Å². The zero-order chi connectivity index (χ0) is 44.0. The van der Waals surface area contributed by atoms with Gasteiger partial charge in [-0.1, -0.05) is 25.7 Å². The zero-order valence-electron chi connectivity index (χ0n) is 35.2. The lowest BCUT2D eigenvalue weighted by Gasteiger charge is -2.32. The minimum Gasteiger partial charge on any atom is -0.472 e. The number of ether oxygens (including phenoxy) is 1. The molecule has 5 aromatic heterocycles. The highest BCUT2D eigenvalue weighted by Crippen LogP contribution is 2.26. The van der Waals surface area contributed by atoms with Gasteiger partial charge in [0, 0.05) is 86.7 Å². The summed E-state index contributed by atoms with van der Waals surface area (Å²) >= 11 is 0. The van der Waals surface area contributed by atoms with Gasteiger partial charge in [0.25, 0.3) is 23.6 Å². The third-order valence-corrected chi connectivity index (χ3v) is 11.9. The molecule has 0 unspecified atom stereocenters. The number of nitrogens with one attached hydrogen (secondary N) is 3. The van der Waals surface area contributed by atoms with Gasteiger partial charge in [0.2, 0.25) is 0 Å². The number of halogens is 2. The molecular formula is C47H54F2N8O6. The van der Waals surface area contributed by atoms with Crippen molar-refractivity contribution in [2.45, 2.75) is 70.8 Å². The molecule has 6 aromatic rings. The maximum Gasteiger partial charge on any atom is 0.387 e. The molecule has 332 valence electrons. The van der Waals surface area contributed by atoms with Crippen LogP contribution in [0.4, 0.5) is 8.78 Å². The number of amides is 4. The Hall–Kier alpha value is -6.58. The minimum absolute atomic E-state index is 0.0423. The quantitative estimate of drug-likeness (QED) is 0.0824. The first-order valence-electron chi connectivity index (χ1n) is 21.8. The number of unbranched alkanes of at least 4 members (excludes halogenated alkanes) is 2. The standard InChI is InChI=1S/C25H28F2N4O3.C22H26N4O3/c26-25(27)34-21-7-4-19(5-8-21)24(33)30-14-10-18(11-15-30)3-1-2-12-29-23(32)20-6-9-22-28-13-16-31(22)17-20;27-21(20-13-18-14-23-9-4-19(18)25-20)24-8-2-1-3-16-5-10-26(11-6-16)22(28)17-7-12-29-15-17/h4-9,13,16-18,25H,1-3,10-12,14-15H2,(H,29,32);4,7,9,12-16,25H,1-3,5-6,8,10-11H2,(H,24,27). The third kappa shape index (κ3) is 12.5. The van der Waals surface area contributed by atoms with Gasteiger partial charge in [0.15, 0.2) is 0 Å². The first-order chi connectivity index (χ1) is 30.7. The van der Waals surface area contributed by atoms with Crippen molar-refractivity contribution in [3.8, 4) is 5.75 Å². The molecule has 3 N–H and O–H groups in total. The number of aromatic amines is 1. The Morgan fingerprint density at radius 1 is 0.762 bits per heavy atom. The van der Waals surface area contributed by atoms with Crippen molar-refractivity contribution in [2.24, 2.45) is 11.8 Å². The first kappa shape index (κ1) is 44.5. The second kappa shape index (κ2) is 22.0. The number of H-pyrrole nitrogens is 1. The third-order valence-electron chi connectivity index (χ3n) is 11.9. The van der Waals surface area contributed by atoms with Crippen LogP contribution < -0.4 is 15.4 Å². The van der Waals surface area contributed by atoms with Gasteiger partial charge in [-0.25, -0.2) is 4.98 Å². The number of hydrogen-bond donors (Lipinski definition) is 3. The van der Waals surface area contributed by atoms with Crippen molar-refractivity contribution < 1.29 is 37.1 Å². The van der Waals surface area contributed by atoms with Crippen molar-refractivity contribution in [3.05, 3.63) is 120 Å². The molecule has 7 heterocycles. The highest BCUT2D eigenvalue weighted by atomic mass is 19.3. The fraction of sp³-hybridized carbons (Fsp3) is 0.404. The van der Waals surface area contributed by atoms with E-state index >= 15 is 0 Å². The molecule has 1 aromatic carbocycles. The lowest BCUT2D eigenvalue weighted by molar-refractivity contribution is -0.0498. The number of hydrogen-bond acceptors (Lipinski definition) is 8. The van der Waals surface area contributed by atoms with E-state index in [-0.39, 0.29) is 29.4 Å². The van der Waals surface area contributed by atoms with Crippen LogP contribution in [0, 0.1) is 11.8 Å². The number of carbonyl (C=O) groups excluding carboxylic acids is 4. The number of pyridine rings is 2. The number of benzene rings is 1. The number of likely N-dealkylation sites (tertiary alicyclic amines) is 2. The fourth-order valence-electron chi connectivity index (χ4n) is 8.25. The zero-order valence-corrected chi connectivity index (χ0v) is 35.2. The smallest absolute Gasteiger partial charge is 0.387 e. The summed E-state index contributed by atoms with van der Waals surface area (Å²) in [4.78, 5) is 64.7. The van der Waals surface area contributed by atoms with Crippen LogP contribution in [-0.4, -0.2) is 98.7 Å². The van der Waals surface area contributed by atoms with Gasteiger partial charge in [0.05, 0.1) is 17.4 Å². The van der Waals surface area contributed by atoms with Crippen LogP contribution in [0.3, 0.4) is 0 Å². The molecule has 4 amide bonds. The van der Waals surface area contributed by atoms with E-state index in [2.05, 4.69) is 30.3 Å². The van der Waals surface area contributed by atoms with Crippen molar-refractivity contribution >= 4 is 40.2 Å². The van der Waals surface area contributed by atoms with Gasteiger partial charge in [-0.05, 0) is 105 Å². The summed E-state index contributed by atoms with van der Waals surface area (Å²) in [6.45, 7) is 1.41. The predicted octanol–water partition coefficient (Wildman–Crippen LogP) is 8.00. The number of fused-ring (bicyclic) bond motifs is 2. The Bertz CT molecular complexity index is 2370. The van der Waals surface area contributed by atoms with Gasteiger partial charge >= 0.3 is 6.61 Å². The van der Waals surface area contributed by atoms with Crippen LogP contribution in [0.2, 0.25) is 0 Å². The van der Waals surface area contributed by atoms with E-state index < -0.39 is 6.61 Å². The predicted molar refractivity (Wildman–Crippen MR) is 233 cm³/mol. The molecule has 0 aliphatic carbocycles. The molecule has 2 aliphatic rings. The molecule has 14 nitrogen and oxygen atoms in total. The van der Waals surface area contributed by atoms with Crippen LogP contribution in [0.5, 0.6) is 5.75 Å². The van der Waals surface area contributed by atoms with Crippen molar-refractivity contribution in [2.75, 3.05) is 39.3 Å². The number of imidazole rings is 1. The van der Waals surface area contributed by atoms with Crippen molar-refractivity contribution in [3.63, 3.8) is 0 Å². The summed E-state index contributed by atoms with van der Waals surface area (Å²) in [5.74, 6) is 1.07.